The van der Waals surface area contributed by atoms with Gasteiger partial charge in [0.25, 0.3) is 0 Å². The Hall–Kier alpha value is -1.91. The van der Waals surface area contributed by atoms with Gasteiger partial charge < -0.3 is 35.1 Å². The minimum atomic E-state index is -0.688. The molecule has 0 spiro atoms. The van der Waals surface area contributed by atoms with E-state index in [1.54, 1.807) is 20.8 Å². The first kappa shape index (κ1) is 29.3. The van der Waals surface area contributed by atoms with Gasteiger partial charge in [-0.3, -0.25) is 4.79 Å². The minimum Gasteiger partial charge on any atom is -0.468 e. The zero-order valence-electron chi connectivity index (χ0n) is 19.4. The number of hydrogen-bond donors (Lipinski definition) is 2. The van der Waals surface area contributed by atoms with Gasteiger partial charge in [0.05, 0.1) is 14.2 Å². The van der Waals surface area contributed by atoms with Crippen LogP contribution in [-0.4, -0.2) is 101 Å². The van der Waals surface area contributed by atoms with Crippen LogP contribution in [0.2, 0.25) is 0 Å². The van der Waals surface area contributed by atoms with Crippen LogP contribution in [0.1, 0.15) is 33.6 Å². The zero-order valence-corrected chi connectivity index (χ0v) is 19.4. The third-order valence-corrected chi connectivity index (χ3v) is 3.43. The van der Waals surface area contributed by atoms with Gasteiger partial charge in [-0.15, -0.1) is 0 Å². The number of nitrogens with one attached hydrogen (secondary N) is 1. The maximum atomic E-state index is 11.6. The van der Waals surface area contributed by atoms with Crippen molar-refractivity contribution in [3.63, 3.8) is 0 Å². The van der Waals surface area contributed by atoms with Crippen LogP contribution < -0.4 is 11.1 Å². The van der Waals surface area contributed by atoms with Crippen molar-refractivity contribution in [3.05, 3.63) is 0 Å². The molecule has 0 fully saturated rings. The van der Waals surface area contributed by atoms with Crippen molar-refractivity contribution in [1.29, 1.82) is 0 Å². The molecule has 0 aliphatic carbocycles. The first-order chi connectivity index (χ1) is 13.2. The van der Waals surface area contributed by atoms with Crippen LogP contribution in [0.5, 0.6) is 0 Å². The molecule has 0 bridgehead atoms. The molecular weight excluding hydrogens is 380 g/mol. The molecule has 29 heavy (non-hydrogen) atoms. The highest BCUT2D eigenvalue weighted by atomic mass is 16.6. The van der Waals surface area contributed by atoms with E-state index >= 15 is 0 Å². The molecule has 1 amide bonds. The van der Waals surface area contributed by atoms with Gasteiger partial charge in [-0.1, -0.05) is 0 Å². The van der Waals surface area contributed by atoms with E-state index in [1.807, 2.05) is 38.0 Å². The second kappa shape index (κ2) is 15.0. The first-order valence-electron chi connectivity index (χ1n) is 9.43. The predicted octanol–water partition coefficient (Wildman–Crippen LogP) is 0.443. The van der Waals surface area contributed by atoms with Crippen LogP contribution >= 0.6 is 0 Å². The highest BCUT2D eigenvalue weighted by Crippen LogP contribution is 2.07. The molecule has 10 nitrogen and oxygen atoms in total. The third kappa shape index (κ3) is 17.9. The Morgan fingerprint density at radius 3 is 1.72 bits per heavy atom. The standard InChI is InChI=1S/C12H24N2O4.C7H16N2O2/c1-12(2,3)18-11(16)13-9(10(15)17-6)7-8-14(4)5;1-9(2)5-4-6(8)7(10)11-3/h9H,7-8H2,1-6H3,(H,13,16);6H,4-5,8H2,1-3H3/t9-;6-/m00/s1. The lowest BCUT2D eigenvalue weighted by molar-refractivity contribution is -0.143. The lowest BCUT2D eigenvalue weighted by atomic mass is 10.2. The average molecular weight is 421 g/mol. The van der Waals surface area contributed by atoms with Crippen LogP contribution in [0.15, 0.2) is 0 Å². The summed E-state index contributed by atoms with van der Waals surface area (Å²) in [7, 11) is 10.3. The molecular formula is C19H40N4O6. The summed E-state index contributed by atoms with van der Waals surface area (Å²) in [6.07, 6.45) is 0.496. The maximum absolute atomic E-state index is 11.6. The van der Waals surface area contributed by atoms with E-state index in [9.17, 15) is 14.4 Å². The Labute approximate surface area is 175 Å². The largest absolute Gasteiger partial charge is 0.468 e. The first-order valence-corrected chi connectivity index (χ1v) is 9.43. The highest BCUT2D eigenvalue weighted by Gasteiger charge is 2.24. The predicted molar refractivity (Wildman–Crippen MR) is 112 cm³/mol. The minimum absolute atomic E-state index is 0.341. The maximum Gasteiger partial charge on any atom is 0.408 e. The average Bonchev–Trinajstić information content (AvgIpc) is 2.60. The van der Waals surface area contributed by atoms with E-state index in [0.29, 0.717) is 19.4 Å². The van der Waals surface area contributed by atoms with Crippen molar-refractivity contribution >= 4 is 18.0 Å². The Kier molecular flexibility index (Phi) is 15.2. The van der Waals surface area contributed by atoms with Gasteiger partial charge in [-0.25, -0.2) is 9.59 Å². The molecule has 0 aromatic rings. The van der Waals surface area contributed by atoms with Crippen molar-refractivity contribution < 1.29 is 28.6 Å². The van der Waals surface area contributed by atoms with E-state index in [1.165, 1.54) is 14.2 Å². The number of nitrogens with zero attached hydrogens (tertiary/aromatic N) is 2. The number of rotatable bonds is 9. The molecule has 172 valence electrons. The van der Waals surface area contributed by atoms with Crippen LogP contribution in [0.4, 0.5) is 4.79 Å². The summed E-state index contributed by atoms with van der Waals surface area (Å²) in [6, 6.07) is -1.17. The lowest BCUT2D eigenvalue weighted by Gasteiger charge is -2.23. The second-order valence-corrected chi connectivity index (χ2v) is 8.04. The van der Waals surface area contributed by atoms with Gasteiger partial charge in [-0.05, 0) is 68.3 Å². The number of carbonyl (C=O) groups excluding carboxylic acids is 3. The molecule has 0 aromatic heterocycles. The molecule has 0 saturated heterocycles. The van der Waals surface area contributed by atoms with Crippen molar-refractivity contribution in [1.82, 2.24) is 15.1 Å². The summed E-state index contributed by atoms with van der Waals surface area (Å²) in [4.78, 5) is 37.8. The van der Waals surface area contributed by atoms with Gasteiger partial charge in [0.15, 0.2) is 0 Å². The Bertz CT molecular complexity index is 492. The Balaban J connectivity index is 0. The second-order valence-electron chi connectivity index (χ2n) is 8.04. The molecule has 3 N–H and O–H groups in total. The molecule has 0 heterocycles. The molecule has 0 aromatic carbocycles. The normalized spacial score (nSPS) is 13.1. The molecule has 0 unspecified atom stereocenters. The number of alkyl carbamates (subject to hydrolysis) is 1. The monoisotopic (exact) mass is 420 g/mol. The Morgan fingerprint density at radius 1 is 0.897 bits per heavy atom. The van der Waals surface area contributed by atoms with Crippen LogP contribution in [0.25, 0.3) is 0 Å². The quantitative estimate of drug-likeness (QED) is 0.404. The molecule has 0 aliphatic rings. The van der Waals surface area contributed by atoms with Gasteiger partial charge in [0, 0.05) is 6.54 Å². The summed E-state index contributed by atoms with van der Waals surface area (Å²) >= 11 is 0. The summed E-state index contributed by atoms with van der Waals surface area (Å²) in [6.45, 7) is 6.75. The molecule has 2 atom stereocenters. The van der Waals surface area contributed by atoms with Crippen LogP contribution in [0, 0.1) is 0 Å². The number of methoxy groups -OCH3 is 2. The van der Waals surface area contributed by atoms with Gasteiger partial charge >= 0.3 is 18.0 Å². The van der Waals surface area contributed by atoms with E-state index in [-0.39, 0.29) is 5.97 Å². The molecule has 0 radical (unpaired) electrons. The van der Waals surface area contributed by atoms with Crippen LogP contribution in [0.3, 0.4) is 0 Å². The number of nitrogens with two attached hydrogens (primary N) is 1. The van der Waals surface area contributed by atoms with Crippen molar-refractivity contribution in [3.8, 4) is 0 Å². The van der Waals surface area contributed by atoms with E-state index in [0.717, 1.165) is 6.54 Å². The van der Waals surface area contributed by atoms with Gasteiger partial charge in [0.1, 0.15) is 17.7 Å². The fourth-order valence-corrected chi connectivity index (χ4v) is 1.89. The number of ether oxygens (including phenoxy) is 3. The lowest BCUT2D eigenvalue weighted by Crippen LogP contribution is -2.45. The smallest absolute Gasteiger partial charge is 0.408 e. The molecule has 0 saturated carbocycles. The number of hydrogen-bond acceptors (Lipinski definition) is 9. The fraction of sp³-hybridized carbons (Fsp3) is 0.842. The topological polar surface area (TPSA) is 123 Å². The number of esters is 2. The number of carbonyl (C=O) groups is 3. The zero-order chi connectivity index (χ0) is 23.2. The van der Waals surface area contributed by atoms with Crippen LogP contribution in [-0.2, 0) is 23.8 Å². The molecule has 0 aliphatic heterocycles. The summed E-state index contributed by atoms with van der Waals surface area (Å²) in [5, 5.41) is 2.52. The SMILES string of the molecule is COC(=O)[C@@H](N)CCN(C)C.COC(=O)[C@H](CCN(C)C)NC(=O)OC(C)(C)C. The highest BCUT2D eigenvalue weighted by molar-refractivity contribution is 5.81. The summed E-state index contributed by atoms with van der Waals surface area (Å²) in [5.41, 5.74) is 4.88. The summed E-state index contributed by atoms with van der Waals surface area (Å²) < 4.78 is 14.2. The molecule has 10 heteroatoms. The third-order valence-electron chi connectivity index (χ3n) is 3.43. The van der Waals surface area contributed by atoms with Gasteiger partial charge in [0.2, 0.25) is 0 Å². The summed E-state index contributed by atoms with van der Waals surface area (Å²) in [5.74, 6) is -0.811. The van der Waals surface area contributed by atoms with Crippen molar-refractivity contribution in [2.75, 3.05) is 55.5 Å². The van der Waals surface area contributed by atoms with Gasteiger partial charge in [-0.2, -0.15) is 0 Å². The van der Waals surface area contributed by atoms with E-state index in [4.69, 9.17) is 10.5 Å². The molecule has 0 rings (SSSR count). The number of amides is 1. The van der Waals surface area contributed by atoms with Crippen molar-refractivity contribution in [2.24, 2.45) is 5.73 Å². The van der Waals surface area contributed by atoms with E-state index < -0.39 is 29.7 Å². The van der Waals surface area contributed by atoms with E-state index in [2.05, 4.69) is 14.8 Å². The van der Waals surface area contributed by atoms with Crippen molar-refractivity contribution in [2.45, 2.75) is 51.3 Å². The Morgan fingerprint density at radius 2 is 1.34 bits per heavy atom. The fourth-order valence-electron chi connectivity index (χ4n) is 1.89.